The highest BCUT2D eigenvalue weighted by Crippen LogP contribution is 2.34. The Morgan fingerprint density at radius 3 is 2.74 bits per heavy atom. The summed E-state index contributed by atoms with van der Waals surface area (Å²) in [6, 6.07) is 7.96. The predicted octanol–water partition coefficient (Wildman–Crippen LogP) is 5.46. The van der Waals surface area contributed by atoms with Crippen LogP contribution in [0.1, 0.15) is 49.4 Å². The van der Waals surface area contributed by atoms with Crippen LogP contribution in [0.4, 0.5) is 0 Å². The van der Waals surface area contributed by atoms with E-state index in [1.54, 1.807) is 11.8 Å². The molecular weight excluding hydrogens is 326 g/mol. The van der Waals surface area contributed by atoms with E-state index in [1.807, 2.05) is 24.3 Å². The largest absolute Gasteiger partial charge is 0.302 e. The minimum absolute atomic E-state index is 0.547. The molecule has 0 amide bonds. The van der Waals surface area contributed by atoms with Gasteiger partial charge >= 0.3 is 0 Å². The third-order valence-electron chi connectivity index (χ3n) is 4.34. The standard InChI is InChI=1S/C18H22ClN3S/c1-2-12-22-17(14-8-4-3-5-9-14)20-21-18(22)23-13-15-10-6-7-11-16(15)19/h2,6-7,10-11,14H,1,3-5,8-9,12-13H2. The summed E-state index contributed by atoms with van der Waals surface area (Å²) in [5.74, 6) is 2.48. The molecule has 0 unspecified atom stereocenters. The zero-order valence-corrected chi connectivity index (χ0v) is 14.8. The van der Waals surface area contributed by atoms with Gasteiger partial charge in [0.2, 0.25) is 0 Å². The number of benzene rings is 1. The molecule has 1 aromatic carbocycles. The molecule has 0 atom stereocenters. The fourth-order valence-electron chi connectivity index (χ4n) is 3.13. The molecule has 5 heteroatoms. The van der Waals surface area contributed by atoms with Gasteiger partial charge in [0.25, 0.3) is 0 Å². The maximum atomic E-state index is 6.25. The van der Waals surface area contributed by atoms with Gasteiger partial charge in [0.1, 0.15) is 5.82 Å². The van der Waals surface area contributed by atoms with Gasteiger partial charge in [-0.3, -0.25) is 0 Å². The molecule has 1 saturated carbocycles. The summed E-state index contributed by atoms with van der Waals surface area (Å²) in [5, 5.41) is 10.7. The van der Waals surface area contributed by atoms with Gasteiger partial charge < -0.3 is 4.57 Å². The van der Waals surface area contributed by atoms with E-state index in [9.17, 15) is 0 Å². The van der Waals surface area contributed by atoms with Crippen LogP contribution >= 0.6 is 23.4 Å². The van der Waals surface area contributed by atoms with Crippen LogP contribution < -0.4 is 0 Å². The molecule has 1 aromatic heterocycles. The Hall–Kier alpha value is -1.26. The van der Waals surface area contributed by atoms with Crippen molar-refractivity contribution in [3.8, 4) is 0 Å². The lowest BCUT2D eigenvalue weighted by Gasteiger charge is -2.21. The summed E-state index contributed by atoms with van der Waals surface area (Å²) in [5.41, 5.74) is 1.13. The second kappa shape index (κ2) is 8.02. The molecule has 0 bridgehead atoms. The first-order chi connectivity index (χ1) is 11.3. The van der Waals surface area contributed by atoms with Crippen molar-refractivity contribution >= 4 is 23.4 Å². The monoisotopic (exact) mass is 347 g/mol. The topological polar surface area (TPSA) is 30.7 Å². The zero-order valence-electron chi connectivity index (χ0n) is 13.2. The van der Waals surface area contributed by atoms with Gasteiger partial charge in [-0.2, -0.15) is 0 Å². The van der Waals surface area contributed by atoms with E-state index in [-0.39, 0.29) is 0 Å². The fraction of sp³-hybridized carbons (Fsp3) is 0.444. The smallest absolute Gasteiger partial charge is 0.191 e. The van der Waals surface area contributed by atoms with Gasteiger partial charge in [0, 0.05) is 23.2 Å². The average Bonchev–Trinajstić information content (AvgIpc) is 2.98. The maximum Gasteiger partial charge on any atom is 0.191 e. The van der Waals surface area contributed by atoms with Crippen molar-refractivity contribution in [3.63, 3.8) is 0 Å². The van der Waals surface area contributed by atoms with Crippen LogP contribution in [0.25, 0.3) is 0 Å². The first-order valence-electron chi connectivity index (χ1n) is 8.20. The van der Waals surface area contributed by atoms with Gasteiger partial charge in [-0.25, -0.2) is 0 Å². The highest BCUT2D eigenvalue weighted by Gasteiger charge is 2.23. The highest BCUT2D eigenvalue weighted by atomic mass is 35.5. The lowest BCUT2D eigenvalue weighted by molar-refractivity contribution is 0.415. The van der Waals surface area contributed by atoms with Crippen LogP contribution in [0, 0.1) is 0 Å². The normalized spacial score (nSPS) is 15.7. The Morgan fingerprint density at radius 1 is 1.22 bits per heavy atom. The number of allylic oxidation sites excluding steroid dienone is 1. The summed E-state index contributed by atoms with van der Waals surface area (Å²) in [4.78, 5) is 0. The number of halogens is 1. The molecule has 1 aliphatic rings. The maximum absolute atomic E-state index is 6.25. The number of thioether (sulfide) groups is 1. The Bertz CT molecular complexity index is 662. The molecule has 2 aromatic rings. The van der Waals surface area contributed by atoms with Crippen LogP contribution in [0.5, 0.6) is 0 Å². The summed E-state index contributed by atoms with van der Waals surface area (Å²) in [6.07, 6.45) is 8.33. The van der Waals surface area contributed by atoms with Crippen molar-refractivity contribution in [2.75, 3.05) is 0 Å². The second-order valence-electron chi connectivity index (χ2n) is 5.96. The Kier molecular flexibility index (Phi) is 5.79. The van der Waals surface area contributed by atoms with Crippen LogP contribution in [-0.4, -0.2) is 14.8 Å². The molecule has 0 N–H and O–H groups in total. The van der Waals surface area contributed by atoms with E-state index in [0.717, 1.165) is 33.9 Å². The molecule has 1 aliphatic carbocycles. The molecule has 0 radical (unpaired) electrons. The lowest BCUT2D eigenvalue weighted by Crippen LogP contribution is -2.12. The molecule has 1 heterocycles. The molecule has 0 saturated heterocycles. The van der Waals surface area contributed by atoms with E-state index in [0.29, 0.717) is 5.92 Å². The van der Waals surface area contributed by atoms with Crippen LogP contribution in [0.15, 0.2) is 42.1 Å². The van der Waals surface area contributed by atoms with E-state index in [2.05, 4.69) is 27.4 Å². The van der Waals surface area contributed by atoms with E-state index >= 15 is 0 Å². The first-order valence-corrected chi connectivity index (χ1v) is 9.56. The second-order valence-corrected chi connectivity index (χ2v) is 7.30. The number of nitrogens with zero attached hydrogens (tertiary/aromatic N) is 3. The van der Waals surface area contributed by atoms with Crippen molar-refractivity contribution < 1.29 is 0 Å². The third-order valence-corrected chi connectivity index (χ3v) is 5.73. The molecule has 0 aliphatic heterocycles. The van der Waals surface area contributed by atoms with Gasteiger partial charge in [0.15, 0.2) is 5.16 Å². The predicted molar refractivity (Wildman–Crippen MR) is 97.1 cm³/mol. The summed E-state index contributed by atoms with van der Waals surface area (Å²) >= 11 is 7.94. The van der Waals surface area contributed by atoms with Gasteiger partial charge in [-0.1, -0.05) is 66.9 Å². The summed E-state index contributed by atoms with van der Waals surface area (Å²) < 4.78 is 2.23. The molecule has 0 spiro atoms. The Labute approximate surface area is 147 Å². The van der Waals surface area contributed by atoms with Crippen LogP contribution in [0.2, 0.25) is 5.02 Å². The van der Waals surface area contributed by atoms with Crippen molar-refractivity contribution in [1.29, 1.82) is 0 Å². The van der Waals surface area contributed by atoms with Gasteiger partial charge in [0.05, 0.1) is 0 Å². The average molecular weight is 348 g/mol. The SMILES string of the molecule is C=CCn1c(SCc2ccccc2Cl)nnc1C1CCCCC1. The van der Waals surface area contributed by atoms with Crippen molar-refractivity contribution in [2.45, 2.75) is 55.5 Å². The van der Waals surface area contributed by atoms with Crippen LogP contribution in [0.3, 0.4) is 0 Å². The third kappa shape index (κ3) is 3.99. The van der Waals surface area contributed by atoms with Crippen molar-refractivity contribution in [1.82, 2.24) is 14.8 Å². The Morgan fingerprint density at radius 2 is 2.00 bits per heavy atom. The first kappa shape index (κ1) is 16.6. The summed E-state index contributed by atoms with van der Waals surface area (Å²) in [7, 11) is 0. The molecule has 122 valence electrons. The van der Waals surface area contributed by atoms with E-state index < -0.39 is 0 Å². The number of hydrogen-bond acceptors (Lipinski definition) is 3. The van der Waals surface area contributed by atoms with Gasteiger partial charge in [-0.05, 0) is 24.5 Å². The van der Waals surface area contributed by atoms with Crippen LogP contribution in [-0.2, 0) is 12.3 Å². The molecule has 3 nitrogen and oxygen atoms in total. The minimum atomic E-state index is 0.547. The zero-order chi connectivity index (χ0) is 16.1. The Balaban J connectivity index is 1.77. The minimum Gasteiger partial charge on any atom is -0.302 e. The number of aromatic nitrogens is 3. The fourth-order valence-corrected chi connectivity index (χ4v) is 4.37. The van der Waals surface area contributed by atoms with Crippen molar-refractivity contribution in [2.24, 2.45) is 0 Å². The van der Waals surface area contributed by atoms with Crippen molar-refractivity contribution in [3.05, 3.63) is 53.3 Å². The highest BCUT2D eigenvalue weighted by molar-refractivity contribution is 7.98. The van der Waals surface area contributed by atoms with Gasteiger partial charge in [-0.15, -0.1) is 16.8 Å². The quantitative estimate of drug-likeness (QED) is 0.513. The lowest BCUT2D eigenvalue weighted by atomic mass is 9.89. The summed E-state index contributed by atoms with van der Waals surface area (Å²) in [6.45, 7) is 4.66. The molecule has 3 rings (SSSR count). The number of hydrogen-bond donors (Lipinski definition) is 0. The van der Waals surface area contributed by atoms with E-state index in [1.165, 1.54) is 32.1 Å². The molecular formula is C18H22ClN3S. The molecule has 1 fully saturated rings. The van der Waals surface area contributed by atoms with E-state index in [4.69, 9.17) is 11.6 Å². The molecule has 23 heavy (non-hydrogen) atoms. The number of rotatable bonds is 6.